The van der Waals surface area contributed by atoms with Gasteiger partial charge in [0, 0.05) is 5.56 Å². The van der Waals surface area contributed by atoms with E-state index in [1.165, 1.54) is 10.8 Å². The minimum absolute atomic E-state index is 0.306. The summed E-state index contributed by atoms with van der Waals surface area (Å²) in [6, 6.07) is 7.51. The number of fused-ring (bicyclic) bond motifs is 1. The molecule has 0 aliphatic rings. The van der Waals surface area contributed by atoms with Crippen LogP contribution < -0.4 is 10.4 Å². The largest absolute Gasteiger partial charge is 0.497 e. The second-order valence-corrected chi connectivity index (χ2v) is 3.73. The molecular weight excluding hydrogens is 232 g/mol. The normalized spacial score (nSPS) is 10.7. The number of nitrogens with zero attached hydrogens (tertiary/aromatic N) is 3. The minimum Gasteiger partial charge on any atom is -0.497 e. The molecule has 0 atom stereocenters. The first-order chi connectivity index (χ1) is 8.79. The number of hydrogen-bond acceptors (Lipinski definition) is 4. The maximum atomic E-state index is 11.5. The second kappa shape index (κ2) is 3.99. The van der Waals surface area contributed by atoms with Crippen LogP contribution in [-0.4, -0.2) is 26.7 Å². The number of methoxy groups -OCH3 is 1. The molecule has 0 aliphatic carbocycles. The Balaban J connectivity index is 2.19. The van der Waals surface area contributed by atoms with Gasteiger partial charge in [0.2, 0.25) is 0 Å². The van der Waals surface area contributed by atoms with E-state index in [0.717, 1.165) is 16.9 Å². The predicted molar refractivity (Wildman–Crippen MR) is 65.6 cm³/mol. The van der Waals surface area contributed by atoms with Crippen LogP contribution in [0.4, 0.5) is 0 Å². The van der Waals surface area contributed by atoms with Crippen LogP contribution in [0.5, 0.6) is 5.75 Å². The lowest BCUT2D eigenvalue weighted by Gasteiger charge is -2.01. The summed E-state index contributed by atoms with van der Waals surface area (Å²) in [6.07, 6.45) is 2.99. The van der Waals surface area contributed by atoms with Crippen molar-refractivity contribution in [1.82, 2.24) is 19.6 Å². The molecule has 0 bridgehead atoms. The number of nitrogens with one attached hydrogen (secondary N) is 1. The lowest BCUT2D eigenvalue weighted by molar-refractivity contribution is 0.415. The van der Waals surface area contributed by atoms with Crippen LogP contribution in [0.2, 0.25) is 0 Å². The summed E-state index contributed by atoms with van der Waals surface area (Å²) >= 11 is 0. The maximum Gasteiger partial charge on any atom is 0.349 e. The molecule has 0 saturated carbocycles. The van der Waals surface area contributed by atoms with Gasteiger partial charge in [-0.1, -0.05) is 12.1 Å². The first kappa shape index (κ1) is 10.5. The highest BCUT2D eigenvalue weighted by molar-refractivity contribution is 5.76. The van der Waals surface area contributed by atoms with Crippen molar-refractivity contribution in [2.24, 2.45) is 0 Å². The first-order valence-corrected chi connectivity index (χ1v) is 5.35. The first-order valence-electron chi connectivity index (χ1n) is 5.35. The molecule has 18 heavy (non-hydrogen) atoms. The monoisotopic (exact) mass is 242 g/mol. The standard InChI is InChI=1S/C12H10N4O2/c1-18-9-4-2-8(3-5-9)10-6-15-16-11(10)13-7-14-12(16)17/h2-7H,1H3,(H,13,14,17). The fourth-order valence-electron chi connectivity index (χ4n) is 1.80. The van der Waals surface area contributed by atoms with Crippen molar-refractivity contribution >= 4 is 5.65 Å². The number of aromatic nitrogens is 4. The highest BCUT2D eigenvalue weighted by Gasteiger charge is 2.09. The van der Waals surface area contributed by atoms with Gasteiger partial charge < -0.3 is 4.74 Å². The number of H-pyrrole nitrogens is 1. The van der Waals surface area contributed by atoms with Crippen LogP contribution in [0.25, 0.3) is 16.8 Å². The van der Waals surface area contributed by atoms with Gasteiger partial charge >= 0.3 is 5.69 Å². The average molecular weight is 242 g/mol. The number of ether oxygens (including phenoxy) is 1. The Morgan fingerprint density at radius 3 is 2.78 bits per heavy atom. The van der Waals surface area contributed by atoms with Gasteiger partial charge in [-0.3, -0.25) is 4.98 Å². The Bertz CT molecular complexity index is 743. The van der Waals surface area contributed by atoms with Crippen molar-refractivity contribution in [3.05, 3.63) is 47.3 Å². The lowest BCUT2D eigenvalue weighted by Crippen LogP contribution is -2.17. The van der Waals surface area contributed by atoms with Gasteiger partial charge in [-0.2, -0.15) is 9.61 Å². The summed E-state index contributed by atoms with van der Waals surface area (Å²) in [7, 11) is 1.62. The Morgan fingerprint density at radius 2 is 2.06 bits per heavy atom. The molecule has 0 saturated heterocycles. The zero-order valence-electron chi connectivity index (χ0n) is 9.62. The third kappa shape index (κ3) is 1.55. The Hall–Kier alpha value is -2.63. The zero-order chi connectivity index (χ0) is 12.5. The molecule has 0 unspecified atom stereocenters. The van der Waals surface area contributed by atoms with Gasteiger partial charge in [0.1, 0.15) is 5.75 Å². The number of hydrogen-bond donors (Lipinski definition) is 1. The van der Waals surface area contributed by atoms with E-state index < -0.39 is 0 Å². The molecule has 90 valence electrons. The van der Waals surface area contributed by atoms with Crippen molar-refractivity contribution in [2.75, 3.05) is 7.11 Å². The van der Waals surface area contributed by atoms with Crippen LogP contribution >= 0.6 is 0 Å². The summed E-state index contributed by atoms with van der Waals surface area (Å²) in [5.41, 5.74) is 1.97. The van der Waals surface area contributed by atoms with E-state index in [0.29, 0.717) is 5.65 Å². The summed E-state index contributed by atoms with van der Waals surface area (Å²) < 4.78 is 6.34. The van der Waals surface area contributed by atoms with Gasteiger partial charge in [-0.15, -0.1) is 0 Å². The summed E-state index contributed by atoms with van der Waals surface area (Å²) in [5.74, 6) is 0.779. The van der Waals surface area contributed by atoms with Crippen LogP contribution in [0, 0.1) is 0 Å². The summed E-state index contributed by atoms with van der Waals surface area (Å²) in [6.45, 7) is 0. The van der Waals surface area contributed by atoms with Crippen LogP contribution in [0.15, 0.2) is 41.6 Å². The van der Waals surface area contributed by atoms with E-state index >= 15 is 0 Å². The average Bonchev–Trinajstić information content (AvgIpc) is 2.84. The van der Waals surface area contributed by atoms with E-state index in [1.54, 1.807) is 13.3 Å². The van der Waals surface area contributed by atoms with Crippen molar-refractivity contribution in [3.8, 4) is 16.9 Å². The number of rotatable bonds is 2. The molecule has 0 aliphatic heterocycles. The van der Waals surface area contributed by atoms with Crippen LogP contribution in [-0.2, 0) is 0 Å². The molecule has 0 amide bonds. The molecule has 0 spiro atoms. The summed E-state index contributed by atoms with van der Waals surface area (Å²) in [5, 5.41) is 4.02. The van der Waals surface area contributed by atoms with E-state index in [2.05, 4.69) is 15.1 Å². The van der Waals surface area contributed by atoms with Gasteiger partial charge in [-0.25, -0.2) is 9.78 Å². The van der Waals surface area contributed by atoms with Gasteiger partial charge in [-0.05, 0) is 17.7 Å². The van der Waals surface area contributed by atoms with Crippen molar-refractivity contribution in [3.63, 3.8) is 0 Å². The van der Waals surface area contributed by atoms with Crippen molar-refractivity contribution in [1.29, 1.82) is 0 Å². The molecule has 3 aromatic rings. The molecule has 0 fully saturated rings. The molecule has 6 nitrogen and oxygen atoms in total. The van der Waals surface area contributed by atoms with Gasteiger partial charge in [0.25, 0.3) is 0 Å². The SMILES string of the molecule is COc1ccc(-c2cnn3c(=O)[nH]cnc23)cc1. The predicted octanol–water partition coefficient (Wildman–Crippen LogP) is 1.09. The highest BCUT2D eigenvalue weighted by Crippen LogP contribution is 2.24. The molecule has 0 radical (unpaired) electrons. The topological polar surface area (TPSA) is 72.3 Å². The minimum atomic E-state index is -0.306. The van der Waals surface area contributed by atoms with Crippen molar-refractivity contribution < 1.29 is 4.74 Å². The van der Waals surface area contributed by atoms with Gasteiger partial charge in [0.05, 0.1) is 19.6 Å². The third-order valence-electron chi connectivity index (χ3n) is 2.71. The Morgan fingerprint density at radius 1 is 1.28 bits per heavy atom. The molecular formula is C12H10N4O2. The highest BCUT2D eigenvalue weighted by atomic mass is 16.5. The van der Waals surface area contributed by atoms with E-state index in [9.17, 15) is 4.79 Å². The number of benzene rings is 1. The Labute approximate surface area is 102 Å². The summed E-state index contributed by atoms with van der Waals surface area (Å²) in [4.78, 5) is 18.1. The fraction of sp³-hybridized carbons (Fsp3) is 0.0833. The lowest BCUT2D eigenvalue weighted by atomic mass is 10.1. The fourth-order valence-corrected chi connectivity index (χ4v) is 1.80. The second-order valence-electron chi connectivity index (χ2n) is 3.73. The Kier molecular flexibility index (Phi) is 2.33. The maximum absolute atomic E-state index is 11.5. The van der Waals surface area contributed by atoms with E-state index in [1.807, 2.05) is 24.3 Å². The molecule has 2 heterocycles. The quantitative estimate of drug-likeness (QED) is 0.730. The molecule has 1 aromatic carbocycles. The molecule has 1 N–H and O–H groups in total. The van der Waals surface area contributed by atoms with Gasteiger partial charge in [0.15, 0.2) is 5.65 Å². The molecule has 3 rings (SSSR count). The molecule has 2 aromatic heterocycles. The van der Waals surface area contributed by atoms with E-state index in [4.69, 9.17) is 4.74 Å². The van der Waals surface area contributed by atoms with E-state index in [-0.39, 0.29) is 5.69 Å². The smallest absolute Gasteiger partial charge is 0.349 e. The zero-order valence-corrected chi connectivity index (χ0v) is 9.62. The van der Waals surface area contributed by atoms with Crippen molar-refractivity contribution in [2.45, 2.75) is 0 Å². The third-order valence-corrected chi connectivity index (χ3v) is 2.71. The molecule has 6 heteroatoms. The van der Waals surface area contributed by atoms with Crippen LogP contribution in [0.1, 0.15) is 0 Å². The van der Waals surface area contributed by atoms with Crippen LogP contribution in [0.3, 0.4) is 0 Å². The number of aromatic amines is 1.